The number of nitrogens with zero attached hydrogens (tertiary/aromatic N) is 1. The topological polar surface area (TPSA) is 47.7 Å². The van der Waals surface area contributed by atoms with Crippen LogP contribution < -0.4 is 20.1 Å². The molecule has 0 aromatic heterocycles. The molecule has 1 heterocycles. The van der Waals surface area contributed by atoms with Gasteiger partial charge in [-0.3, -0.25) is 0 Å². The molecule has 0 saturated carbocycles. The van der Waals surface area contributed by atoms with Gasteiger partial charge in [-0.2, -0.15) is 0 Å². The van der Waals surface area contributed by atoms with Crippen molar-refractivity contribution in [3.05, 3.63) is 18.2 Å². The molecule has 0 radical (unpaired) electrons. The van der Waals surface area contributed by atoms with Crippen molar-refractivity contribution in [3.8, 4) is 11.5 Å². The molecule has 1 aromatic carbocycles. The van der Waals surface area contributed by atoms with Gasteiger partial charge in [0.25, 0.3) is 0 Å². The minimum atomic E-state index is 0.231. The van der Waals surface area contributed by atoms with E-state index in [2.05, 4.69) is 11.8 Å². The van der Waals surface area contributed by atoms with Gasteiger partial charge in [0.2, 0.25) is 0 Å². The molecular weight excluding hydrogens is 240 g/mol. The molecule has 1 aromatic rings. The minimum absolute atomic E-state index is 0.231. The Bertz CT molecular complexity index is 423. The Morgan fingerprint density at radius 2 is 2.05 bits per heavy atom. The minimum Gasteiger partial charge on any atom is -0.497 e. The van der Waals surface area contributed by atoms with Gasteiger partial charge in [-0.1, -0.05) is 13.3 Å². The van der Waals surface area contributed by atoms with E-state index < -0.39 is 0 Å². The average Bonchev–Trinajstić information content (AvgIpc) is 2.45. The van der Waals surface area contributed by atoms with Gasteiger partial charge in [-0.15, -0.1) is 0 Å². The van der Waals surface area contributed by atoms with Crippen molar-refractivity contribution in [3.63, 3.8) is 0 Å². The Hall–Kier alpha value is -1.42. The molecular formula is C15H24N2O2. The van der Waals surface area contributed by atoms with Crippen molar-refractivity contribution < 1.29 is 9.47 Å². The Labute approximate surface area is 115 Å². The van der Waals surface area contributed by atoms with Crippen LogP contribution in [-0.4, -0.2) is 33.4 Å². The second kappa shape index (κ2) is 6.15. The molecule has 1 saturated heterocycles. The van der Waals surface area contributed by atoms with E-state index in [-0.39, 0.29) is 6.04 Å². The number of rotatable bonds is 4. The van der Waals surface area contributed by atoms with Gasteiger partial charge in [-0.25, -0.2) is 0 Å². The molecule has 0 spiro atoms. The highest BCUT2D eigenvalue weighted by Gasteiger charge is 2.26. The van der Waals surface area contributed by atoms with E-state index in [1.165, 1.54) is 0 Å². The molecule has 2 rings (SSSR count). The van der Waals surface area contributed by atoms with Crippen molar-refractivity contribution in [1.82, 2.24) is 0 Å². The molecule has 19 heavy (non-hydrogen) atoms. The van der Waals surface area contributed by atoms with Crippen molar-refractivity contribution in [2.24, 2.45) is 11.7 Å². The van der Waals surface area contributed by atoms with Crippen molar-refractivity contribution in [2.45, 2.75) is 25.8 Å². The quantitative estimate of drug-likeness (QED) is 0.906. The van der Waals surface area contributed by atoms with Gasteiger partial charge in [0.05, 0.1) is 19.9 Å². The number of hydrogen-bond acceptors (Lipinski definition) is 4. The first kappa shape index (κ1) is 14.0. The lowest BCUT2D eigenvalue weighted by Crippen LogP contribution is -2.47. The van der Waals surface area contributed by atoms with Crippen molar-refractivity contribution >= 4 is 5.69 Å². The predicted octanol–water partition coefficient (Wildman–Crippen LogP) is 2.27. The third kappa shape index (κ3) is 3.13. The maximum atomic E-state index is 6.18. The molecule has 0 aliphatic carbocycles. The fraction of sp³-hybridized carbons (Fsp3) is 0.600. The van der Waals surface area contributed by atoms with Gasteiger partial charge in [0.1, 0.15) is 11.5 Å². The van der Waals surface area contributed by atoms with Crippen LogP contribution in [0.15, 0.2) is 18.2 Å². The van der Waals surface area contributed by atoms with Gasteiger partial charge >= 0.3 is 0 Å². The maximum Gasteiger partial charge on any atom is 0.142 e. The zero-order chi connectivity index (χ0) is 13.8. The number of benzene rings is 1. The zero-order valence-corrected chi connectivity index (χ0v) is 12.1. The molecule has 106 valence electrons. The SMILES string of the molecule is CCC1CC(N)CN(c2cc(OC)ccc2OC)C1. The van der Waals surface area contributed by atoms with Crippen LogP contribution in [0.1, 0.15) is 19.8 Å². The molecule has 2 N–H and O–H groups in total. The Balaban J connectivity index is 2.28. The summed E-state index contributed by atoms with van der Waals surface area (Å²) in [6.45, 7) is 4.14. The van der Waals surface area contributed by atoms with Gasteiger partial charge in [-0.05, 0) is 24.5 Å². The van der Waals surface area contributed by atoms with Crippen molar-refractivity contribution in [1.29, 1.82) is 0 Å². The fourth-order valence-corrected chi connectivity index (χ4v) is 2.78. The first-order chi connectivity index (χ1) is 9.17. The number of hydrogen-bond donors (Lipinski definition) is 1. The summed E-state index contributed by atoms with van der Waals surface area (Å²) in [5.41, 5.74) is 7.26. The third-order valence-corrected chi connectivity index (χ3v) is 3.87. The molecule has 2 unspecified atom stereocenters. The van der Waals surface area contributed by atoms with E-state index in [4.69, 9.17) is 15.2 Å². The first-order valence-corrected chi connectivity index (χ1v) is 6.90. The lowest BCUT2D eigenvalue weighted by Gasteiger charge is -2.38. The molecule has 0 amide bonds. The standard InChI is InChI=1S/C15H24N2O2/c1-4-11-7-12(16)10-17(9-11)14-8-13(18-2)5-6-15(14)19-3/h5-6,8,11-12H,4,7,9-10,16H2,1-3H3. The molecule has 2 atom stereocenters. The van der Waals surface area contributed by atoms with E-state index in [1.807, 2.05) is 18.2 Å². The second-order valence-corrected chi connectivity index (χ2v) is 5.21. The summed E-state index contributed by atoms with van der Waals surface area (Å²) >= 11 is 0. The van der Waals surface area contributed by atoms with E-state index >= 15 is 0 Å². The first-order valence-electron chi connectivity index (χ1n) is 6.90. The second-order valence-electron chi connectivity index (χ2n) is 5.21. The summed E-state index contributed by atoms with van der Waals surface area (Å²) in [6, 6.07) is 6.14. The molecule has 1 aliphatic heterocycles. The number of methoxy groups -OCH3 is 2. The zero-order valence-electron chi connectivity index (χ0n) is 12.1. The normalized spacial score (nSPS) is 23.3. The highest BCUT2D eigenvalue weighted by atomic mass is 16.5. The van der Waals surface area contributed by atoms with Crippen LogP contribution in [0.4, 0.5) is 5.69 Å². The van der Waals surface area contributed by atoms with E-state index in [0.717, 1.165) is 43.1 Å². The van der Waals surface area contributed by atoms with Crippen LogP contribution in [0.25, 0.3) is 0 Å². The summed E-state index contributed by atoms with van der Waals surface area (Å²) in [7, 11) is 3.38. The predicted molar refractivity (Wildman–Crippen MR) is 78.1 cm³/mol. The van der Waals surface area contributed by atoms with Gasteiger partial charge in [0.15, 0.2) is 0 Å². The van der Waals surface area contributed by atoms with Gasteiger partial charge in [0, 0.05) is 25.2 Å². The van der Waals surface area contributed by atoms with Crippen molar-refractivity contribution in [2.75, 3.05) is 32.2 Å². The number of piperidine rings is 1. The Morgan fingerprint density at radius 1 is 1.26 bits per heavy atom. The largest absolute Gasteiger partial charge is 0.497 e. The molecule has 4 nitrogen and oxygen atoms in total. The number of nitrogens with two attached hydrogens (primary N) is 1. The lowest BCUT2D eigenvalue weighted by molar-refractivity contribution is 0.360. The van der Waals surface area contributed by atoms with Crippen LogP contribution in [-0.2, 0) is 0 Å². The summed E-state index contributed by atoms with van der Waals surface area (Å²) in [5.74, 6) is 2.38. The van der Waals surface area contributed by atoms with E-state index in [9.17, 15) is 0 Å². The van der Waals surface area contributed by atoms with Crippen LogP contribution in [0.3, 0.4) is 0 Å². The Kier molecular flexibility index (Phi) is 4.53. The summed E-state index contributed by atoms with van der Waals surface area (Å²) in [4.78, 5) is 2.32. The molecule has 0 bridgehead atoms. The Morgan fingerprint density at radius 3 is 2.68 bits per heavy atom. The summed E-state index contributed by atoms with van der Waals surface area (Å²) in [6.07, 6.45) is 2.27. The van der Waals surface area contributed by atoms with Crippen LogP contribution >= 0.6 is 0 Å². The van der Waals surface area contributed by atoms with E-state index in [1.54, 1.807) is 14.2 Å². The smallest absolute Gasteiger partial charge is 0.142 e. The maximum absolute atomic E-state index is 6.18. The summed E-state index contributed by atoms with van der Waals surface area (Å²) in [5, 5.41) is 0. The third-order valence-electron chi connectivity index (χ3n) is 3.87. The average molecular weight is 264 g/mol. The summed E-state index contributed by atoms with van der Waals surface area (Å²) < 4.78 is 10.8. The highest BCUT2D eigenvalue weighted by Crippen LogP contribution is 2.35. The lowest BCUT2D eigenvalue weighted by atomic mass is 9.92. The highest BCUT2D eigenvalue weighted by molar-refractivity contribution is 5.62. The molecule has 1 fully saturated rings. The molecule has 1 aliphatic rings. The van der Waals surface area contributed by atoms with Crippen LogP contribution in [0.5, 0.6) is 11.5 Å². The molecule has 4 heteroatoms. The van der Waals surface area contributed by atoms with E-state index in [0.29, 0.717) is 5.92 Å². The fourth-order valence-electron chi connectivity index (χ4n) is 2.78. The van der Waals surface area contributed by atoms with Crippen LogP contribution in [0, 0.1) is 5.92 Å². The van der Waals surface area contributed by atoms with Crippen LogP contribution in [0.2, 0.25) is 0 Å². The monoisotopic (exact) mass is 264 g/mol. The number of ether oxygens (including phenoxy) is 2. The number of anilines is 1. The van der Waals surface area contributed by atoms with Gasteiger partial charge < -0.3 is 20.1 Å².